The van der Waals surface area contributed by atoms with Gasteiger partial charge in [-0.05, 0) is 62.3 Å². The summed E-state index contributed by atoms with van der Waals surface area (Å²) in [6.07, 6.45) is 3.50. The summed E-state index contributed by atoms with van der Waals surface area (Å²) in [5, 5.41) is 7.14. The SMILES string of the molecule is CCNC(=O)NC1CC(CCN2CCN(c3nsc4ccccc34)CC2)C1. The van der Waals surface area contributed by atoms with Gasteiger partial charge in [-0.15, -0.1) is 0 Å². The molecule has 1 aromatic heterocycles. The molecule has 0 radical (unpaired) electrons. The number of urea groups is 1. The zero-order valence-corrected chi connectivity index (χ0v) is 16.8. The minimum Gasteiger partial charge on any atom is -0.353 e. The molecule has 27 heavy (non-hydrogen) atoms. The Hall–Kier alpha value is -1.86. The third-order valence-corrected chi connectivity index (χ3v) is 6.61. The Bertz CT molecular complexity index is 765. The van der Waals surface area contributed by atoms with E-state index in [0.29, 0.717) is 12.6 Å². The van der Waals surface area contributed by atoms with Gasteiger partial charge in [0, 0.05) is 44.2 Å². The van der Waals surface area contributed by atoms with Gasteiger partial charge in [0.2, 0.25) is 0 Å². The van der Waals surface area contributed by atoms with Crippen LogP contribution < -0.4 is 15.5 Å². The van der Waals surface area contributed by atoms with Gasteiger partial charge in [0.25, 0.3) is 0 Å². The summed E-state index contributed by atoms with van der Waals surface area (Å²) in [5.41, 5.74) is 0. The van der Waals surface area contributed by atoms with Crippen molar-refractivity contribution < 1.29 is 4.79 Å². The zero-order chi connectivity index (χ0) is 18.6. The van der Waals surface area contributed by atoms with Gasteiger partial charge in [-0.2, -0.15) is 4.37 Å². The Labute approximate surface area is 165 Å². The summed E-state index contributed by atoms with van der Waals surface area (Å²) < 4.78 is 5.97. The molecule has 0 atom stereocenters. The van der Waals surface area contributed by atoms with Gasteiger partial charge < -0.3 is 15.5 Å². The normalized spacial score (nSPS) is 23.2. The van der Waals surface area contributed by atoms with Gasteiger partial charge in [-0.3, -0.25) is 4.90 Å². The monoisotopic (exact) mass is 387 g/mol. The molecule has 0 unspecified atom stereocenters. The van der Waals surface area contributed by atoms with Crippen LogP contribution in [0.5, 0.6) is 0 Å². The van der Waals surface area contributed by atoms with Crippen molar-refractivity contribution in [2.45, 2.75) is 32.2 Å². The summed E-state index contributed by atoms with van der Waals surface area (Å²) in [7, 11) is 0. The van der Waals surface area contributed by atoms with Crippen LogP contribution in [0.25, 0.3) is 10.1 Å². The van der Waals surface area contributed by atoms with Gasteiger partial charge in [0.05, 0.1) is 4.70 Å². The largest absolute Gasteiger partial charge is 0.353 e. The number of rotatable bonds is 6. The minimum atomic E-state index is -0.0216. The Kier molecular flexibility index (Phi) is 5.78. The molecule has 2 amide bonds. The Morgan fingerprint density at radius 2 is 2.00 bits per heavy atom. The van der Waals surface area contributed by atoms with Crippen molar-refractivity contribution in [3.63, 3.8) is 0 Å². The van der Waals surface area contributed by atoms with Gasteiger partial charge in [0.1, 0.15) is 5.82 Å². The maximum absolute atomic E-state index is 11.5. The van der Waals surface area contributed by atoms with E-state index in [4.69, 9.17) is 4.37 Å². The fourth-order valence-electron chi connectivity index (χ4n) is 4.14. The van der Waals surface area contributed by atoms with E-state index in [0.717, 1.165) is 50.8 Å². The fraction of sp³-hybridized carbons (Fsp3) is 0.600. The first-order chi connectivity index (χ1) is 13.2. The predicted molar refractivity (Wildman–Crippen MR) is 112 cm³/mol. The lowest BCUT2D eigenvalue weighted by Gasteiger charge is -2.39. The molecule has 2 aromatic rings. The van der Waals surface area contributed by atoms with Crippen LogP contribution in [-0.2, 0) is 0 Å². The summed E-state index contributed by atoms with van der Waals surface area (Å²) in [6.45, 7) is 8.13. The van der Waals surface area contributed by atoms with Gasteiger partial charge in [-0.25, -0.2) is 4.79 Å². The smallest absolute Gasteiger partial charge is 0.314 e. The maximum Gasteiger partial charge on any atom is 0.314 e. The standard InChI is InChI=1S/C20H29N5OS/c1-2-21-20(26)22-16-13-15(14-16)7-8-24-9-11-25(12-10-24)19-17-5-3-4-6-18(17)27-23-19/h3-6,15-16H,2,7-14H2,1H3,(H2,21,22,26). The van der Waals surface area contributed by atoms with Crippen molar-refractivity contribution in [1.29, 1.82) is 0 Å². The molecule has 1 aliphatic carbocycles. The third kappa shape index (κ3) is 4.35. The number of amides is 2. The first kappa shape index (κ1) is 18.5. The highest BCUT2D eigenvalue weighted by atomic mass is 32.1. The number of nitrogens with zero attached hydrogens (tertiary/aromatic N) is 3. The van der Waals surface area contributed by atoms with E-state index in [1.165, 1.54) is 23.1 Å². The number of fused-ring (bicyclic) bond motifs is 1. The lowest BCUT2D eigenvalue weighted by atomic mass is 9.78. The van der Waals surface area contributed by atoms with Crippen molar-refractivity contribution in [2.24, 2.45) is 5.92 Å². The van der Waals surface area contributed by atoms with Crippen molar-refractivity contribution in [1.82, 2.24) is 19.9 Å². The molecule has 2 N–H and O–H groups in total. The van der Waals surface area contributed by atoms with Crippen LogP contribution in [-0.4, -0.2) is 60.6 Å². The highest BCUT2D eigenvalue weighted by Gasteiger charge is 2.30. The van der Waals surface area contributed by atoms with Crippen LogP contribution in [0.15, 0.2) is 24.3 Å². The molecule has 146 valence electrons. The van der Waals surface area contributed by atoms with E-state index in [2.05, 4.69) is 44.7 Å². The topological polar surface area (TPSA) is 60.5 Å². The van der Waals surface area contributed by atoms with E-state index < -0.39 is 0 Å². The van der Waals surface area contributed by atoms with E-state index in [1.54, 1.807) is 11.5 Å². The van der Waals surface area contributed by atoms with Crippen molar-refractivity contribution in [2.75, 3.05) is 44.2 Å². The number of benzene rings is 1. The lowest BCUT2D eigenvalue weighted by molar-refractivity contribution is 0.169. The molecule has 2 heterocycles. The van der Waals surface area contributed by atoms with E-state index in [1.807, 2.05) is 6.92 Å². The first-order valence-corrected chi connectivity index (χ1v) is 10.9. The number of hydrogen-bond acceptors (Lipinski definition) is 5. The van der Waals surface area contributed by atoms with Crippen molar-refractivity contribution in [3.8, 4) is 0 Å². The van der Waals surface area contributed by atoms with Crippen molar-refractivity contribution >= 4 is 33.5 Å². The highest BCUT2D eigenvalue weighted by Crippen LogP contribution is 2.32. The molecule has 0 bridgehead atoms. The summed E-state index contributed by atoms with van der Waals surface area (Å²) in [6, 6.07) is 8.87. The first-order valence-electron chi connectivity index (χ1n) is 10.1. The number of carbonyl (C=O) groups excluding carboxylic acids is 1. The van der Waals surface area contributed by atoms with Gasteiger partial charge >= 0.3 is 6.03 Å². The van der Waals surface area contributed by atoms with Crippen LogP contribution in [0.2, 0.25) is 0 Å². The number of hydrogen-bond donors (Lipinski definition) is 2. The molecule has 1 saturated carbocycles. The van der Waals surface area contributed by atoms with Gasteiger partial charge in [-0.1, -0.05) is 12.1 Å². The summed E-state index contributed by atoms with van der Waals surface area (Å²) in [5.74, 6) is 1.92. The lowest BCUT2D eigenvalue weighted by Crippen LogP contribution is -2.50. The molecule has 1 aliphatic heterocycles. The van der Waals surface area contributed by atoms with E-state index in [-0.39, 0.29) is 6.03 Å². The summed E-state index contributed by atoms with van der Waals surface area (Å²) in [4.78, 5) is 16.5. The minimum absolute atomic E-state index is 0.0216. The Morgan fingerprint density at radius 3 is 2.78 bits per heavy atom. The molecule has 1 aromatic carbocycles. The maximum atomic E-state index is 11.5. The molecule has 0 spiro atoms. The second kappa shape index (κ2) is 8.44. The second-order valence-corrected chi connectivity index (χ2v) is 8.46. The fourth-order valence-corrected chi connectivity index (χ4v) is 4.93. The Balaban J connectivity index is 1.17. The van der Waals surface area contributed by atoms with Crippen LogP contribution in [0, 0.1) is 5.92 Å². The Morgan fingerprint density at radius 1 is 1.22 bits per heavy atom. The number of carbonyl (C=O) groups is 1. The zero-order valence-electron chi connectivity index (χ0n) is 16.0. The average Bonchev–Trinajstić information content (AvgIpc) is 3.08. The average molecular weight is 388 g/mol. The molecule has 2 aliphatic rings. The number of anilines is 1. The molecule has 1 saturated heterocycles. The molecular weight excluding hydrogens is 358 g/mol. The number of nitrogens with one attached hydrogen (secondary N) is 2. The third-order valence-electron chi connectivity index (χ3n) is 5.79. The van der Waals surface area contributed by atoms with Crippen molar-refractivity contribution in [3.05, 3.63) is 24.3 Å². The number of piperazine rings is 1. The predicted octanol–water partition coefficient (Wildman–Crippen LogP) is 2.91. The molecule has 4 rings (SSSR count). The summed E-state index contributed by atoms with van der Waals surface area (Å²) >= 11 is 1.60. The number of aromatic nitrogens is 1. The van der Waals surface area contributed by atoms with E-state index >= 15 is 0 Å². The quantitative estimate of drug-likeness (QED) is 0.800. The van der Waals surface area contributed by atoms with Crippen LogP contribution in [0.4, 0.5) is 10.6 Å². The van der Waals surface area contributed by atoms with Crippen LogP contribution >= 0.6 is 11.5 Å². The van der Waals surface area contributed by atoms with Crippen LogP contribution in [0.1, 0.15) is 26.2 Å². The van der Waals surface area contributed by atoms with E-state index in [9.17, 15) is 4.79 Å². The second-order valence-electron chi connectivity index (χ2n) is 7.66. The highest BCUT2D eigenvalue weighted by molar-refractivity contribution is 7.13. The molecule has 2 fully saturated rings. The van der Waals surface area contributed by atoms with Crippen LogP contribution in [0.3, 0.4) is 0 Å². The molecule has 7 heteroatoms. The molecule has 6 nitrogen and oxygen atoms in total. The van der Waals surface area contributed by atoms with Gasteiger partial charge in [0.15, 0.2) is 0 Å². The molecular formula is C20H29N5OS.